The second kappa shape index (κ2) is 9.56. The van der Waals surface area contributed by atoms with E-state index in [4.69, 9.17) is 9.15 Å². The molecule has 0 fully saturated rings. The van der Waals surface area contributed by atoms with Crippen molar-refractivity contribution in [3.8, 4) is 5.75 Å². The van der Waals surface area contributed by atoms with Crippen LogP contribution in [0.3, 0.4) is 0 Å². The first-order chi connectivity index (χ1) is 15.6. The molecule has 1 unspecified atom stereocenters. The second-order valence-electron chi connectivity index (χ2n) is 7.83. The lowest BCUT2D eigenvalue weighted by Gasteiger charge is -2.17. The van der Waals surface area contributed by atoms with Gasteiger partial charge in [0, 0.05) is 22.3 Å². The molecular formula is C26H25NO5. The van der Waals surface area contributed by atoms with Crippen molar-refractivity contribution in [1.29, 1.82) is 0 Å². The SMILES string of the molecule is COc1ccc(CCCC(CC(=O)O)C(=NO)c2ccc3oc4ccccc4c3c2)cc1. The number of fused-ring (bicyclic) bond motifs is 3. The van der Waals surface area contributed by atoms with Crippen molar-refractivity contribution in [1.82, 2.24) is 0 Å². The minimum atomic E-state index is -0.921. The van der Waals surface area contributed by atoms with Crippen molar-refractivity contribution in [3.63, 3.8) is 0 Å². The maximum absolute atomic E-state index is 11.5. The number of oxime groups is 1. The minimum absolute atomic E-state index is 0.105. The molecule has 3 aromatic carbocycles. The van der Waals surface area contributed by atoms with Crippen molar-refractivity contribution in [3.05, 3.63) is 77.9 Å². The molecular weight excluding hydrogens is 406 g/mol. The second-order valence-corrected chi connectivity index (χ2v) is 7.83. The van der Waals surface area contributed by atoms with E-state index in [-0.39, 0.29) is 6.42 Å². The summed E-state index contributed by atoms with van der Waals surface area (Å²) in [4.78, 5) is 11.5. The molecule has 0 bridgehead atoms. The lowest BCUT2D eigenvalue weighted by Crippen LogP contribution is -2.20. The van der Waals surface area contributed by atoms with E-state index < -0.39 is 11.9 Å². The molecule has 32 heavy (non-hydrogen) atoms. The zero-order chi connectivity index (χ0) is 22.5. The number of aliphatic carboxylic acids is 1. The fraction of sp³-hybridized carbons (Fsp3) is 0.231. The van der Waals surface area contributed by atoms with E-state index in [0.29, 0.717) is 17.7 Å². The predicted molar refractivity (Wildman–Crippen MR) is 124 cm³/mol. The van der Waals surface area contributed by atoms with Gasteiger partial charge in [-0.1, -0.05) is 35.5 Å². The van der Waals surface area contributed by atoms with Crippen molar-refractivity contribution in [2.45, 2.75) is 25.7 Å². The number of carboxylic acids is 1. The molecule has 164 valence electrons. The molecule has 6 nitrogen and oxygen atoms in total. The smallest absolute Gasteiger partial charge is 0.304 e. The van der Waals surface area contributed by atoms with Crippen LogP contribution in [0.1, 0.15) is 30.4 Å². The minimum Gasteiger partial charge on any atom is -0.497 e. The Labute approximate surface area is 185 Å². The zero-order valence-corrected chi connectivity index (χ0v) is 17.8. The number of nitrogens with zero attached hydrogens (tertiary/aromatic N) is 1. The number of benzene rings is 3. The zero-order valence-electron chi connectivity index (χ0n) is 17.8. The normalized spacial score (nSPS) is 12.8. The van der Waals surface area contributed by atoms with Crippen LogP contribution >= 0.6 is 0 Å². The van der Waals surface area contributed by atoms with Crippen molar-refractivity contribution in [2.75, 3.05) is 7.11 Å². The molecule has 0 saturated carbocycles. The van der Waals surface area contributed by atoms with E-state index in [9.17, 15) is 15.1 Å². The number of aryl methyl sites for hydroxylation is 1. The quantitative estimate of drug-likeness (QED) is 0.196. The molecule has 0 aliphatic carbocycles. The van der Waals surface area contributed by atoms with Gasteiger partial charge in [0.15, 0.2) is 0 Å². The third-order valence-corrected chi connectivity index (χ3v) is 5.77. The van der Waals surface area contributed by atoms with Crippen LogP contribution in [0, 0.1) is 5.92 Å². The average molecular weight is 431 g/mol. The van der Waals surface area contributed by atoms with Crippen LogP contribution in [0.4, 0.5) is 0 Å². The molecule has 1 atom stereocenters. The Balaban J connectivity index is 1.56. The molecule has 0 amide bonds. The first-order valence-corrected chi connectivity index (χ1v) is 10.6. The Bertz CT molecular complexity index is 1260. The van der Waals surface area contributed by atoms with E-state index in [1.165, 1.54) is 0 Å². The molecule has 2 N–H and O–H groups in total. The third-order valence-electron chi connectivity index (χ3n) is 5.77. The summed E-state index contributed by atoms with van der Waals surface area (Å²) in [5.74, 6) is -0.531. The summed E-state index contributed by atoms with van der Waals surface area (Å²) >= 11 is 0. The summed E-state index contributed by atoms with van der Waals surface area (Å²) in [6.45, 7) is 0. The van der Waals surface area contributed by atoms with Crippen LogP contribution in [0.25, 0.3) is 21.9 Å². The predicted octanol–water partition coefficient (Wildman–Crippen LogP) is 5.89. The molecule has 4 rings (SSSR count). The Morgan fingerprint density at radius 1 is 1.03 bits per heavy atom. The van der Waals surface area contributed by atoms with Crippen LogP contribution in [-0.2, 0) is 11.2 Å². The van der Waals surface area contributed by atoms with Gasteiger partial charge in [-0.3, -0.25) is 4.79 Å². The van der Waals surface area contributed by atoms with Gasteiger partial charge in [-0.05, 0) is 61.2 Å². The van der Waals surface area contributed by atoms with Gasteiger partial charge in [0.2, 0.25) is 0 Å². The number of furan rings is 1. The van der Waals surface area contributed by atoms with E-state index in [2.05, 4.69) is 5.16 Å². The molecule has 0 aliphatic rings. The molecule has 1 heterocycles. The van der Waals surface area contributed by atoms with Gasteiger partial charge in [-0.25, -0.2) is 0 Å². The Kier molecular flexibility index (Phi) is 6.40. The summed E-state index contributed by atoms with van der Waals surface area (Å²) in [5, 5.41) is 24.7. The largest absolute Gasteiger partial charge is 0.497 e. The van der Waals surface area contributed by atoms with Crippen molar-refractivity contribution in [2.24, 2.45) is 11.1 Å². The van der Waals surface area contributed by atoms with Gasteiger partial charge in [0.1, 0.15) is 16.9 Å². The van der Waals surface area contributed by atoms with Gasteiger partial charge in [-0.15, -0.1) is 0 Å². The maximum atomic E-state index is 11.5. The highest BCUT2D eigenvalue weighted by atomic mass is 16.5. The highest BCUT2D eigenvalue weighted by Gasteiger charge is 2.22. The summed E-state index contributed by atoms with van der Waals surface area (Å²) in [5.41, 5.74) is 3.75. The summed E-state index contributed by atoms with van der Waals surface area (Å²) in [6.07, 6.45) is 2.04. The van der Waals surface area contributed by atoms with E-state index in [0.717, 1.165) is 46.1 Å². The Morgan fingerprint density at radius 3 is 2.50 bits per heavy atom. The number of hydrogen-bond donors (Lipinski definition) is 2. The molecule has 1 aromatic heterocycles. The highest BCUT2D eigenvalue weighted by molar-refractivity contribution is 6.10. The number of para-hydroxylation sites is 1. The molecule has 0 radical (unpaired) electrons. The Hall–Kier alpha value is -3.80. The number of hydrogen-bond acceptors (Lipinski definition) is 5. The van der Waals surface area contributed by atoms with Crippen molar-refractivity contribution < 1.29 is 24.3 Å². The number of carbonyl (C=O) groups is 1. The average Bonchev–Trinajstić information content (AvgIpc) is 3.18. The first-order valence-electron chi connectivity index (χ1n) is 10.6. The van der Waals surface area contributed by atoms with E-state index in [1.54, 1.807) is 7.11 Å². The third kappa shape index (κ3) is 4.59. The van der Waals surface area contributed by atoms with Gasteiger partial charge in [0.25, 0.3) is 0 Å². The molecule has 0 spiro atoms. The standard InChI is InChI=1S/C26H25NO5/c1-31-20-12-9-17(10-13-20)5-4-6-18(16-25(28)29)26(27-30)19-11-14-24-22(15-19)21-7-2-3-8-23(21)32-24/h2-3,7-15,18,30H,4-6,16H2,1H3,(H,28,29). The maximum Gasteiger partial charge on any atom is 0.304 e. The molecule has 0 aliphatic heterocycles. The molecule has 6 heteroatoms. The van der Waals surface area contributed by atoms with Gasteiger partial charge < -0.3 is 19.5 Å². The number of rotatable bonds is 9. The monoisotopic (exact) mass is 431 g/mol. The number of ether oxygens (including phenoxy) is 1. The molecule has 0 saturated heterocycles. The van der Waals surface area contributed by atoms with Gasteiger partial charge in [-0.2, -0.15) is 0 Å². The van der Waals surface area contributed by atoms with E-state index >= 15 is 0 Å². The highest BCUT2D eigenvalue weighted by Crippen LogP contribution is 2.31. The topological polar surface area (TPSA) is 92.3 Å². The van der Waals surface area contributed by atoms with Crippen LogP contribution in [0.2, 0.25) is 0 Å². The summed E-state index contributed by atoms with van der Waals surface area (Å²) < 4.78 is 11.1. The number of methoxy groups -OCH3 is 1. The van der Waals surface area contributed by atoms with Crippen LogP contribution in [-0.4, -0.2) is 29.1 Å². The fourth-order valence-corrected chi connectivity index (χ4v) is 4.15. The van der Waals surface area contributed by atoms with Crippen molar-refractivity contribution >= 4 is 33.6 Å². The summed E-state index contributed by atoms with van der Waals surface area (Å²) in [7, 11) is 1.63. The van der Waals surface area contributed by atoms with Crippen LogP contribution < -0.4 is 4.74 Å². The van der Waals surface area contributed by atoms with Crippen LogP contribution in [0.15, 0.2) is 76.3 Å². The number of carboxylic acid groups (broad SMARTS) is 1. The molecule has 4 aromatic rings. The lowest BCUT2D eigenvalue weighted by atomic mass is 9.88. The Morgan fingerprint density at radius 2 is 1.78 bits per heavy atom. The summed E-state index contributed by atoms with van der Waals surface area (Å²) in [6, 6.07) is 21.1. The fourth-order valence-electron chi connectivity index (χ4n) is 4.15. The first kappa shape index (κ1) is 21.4. The van der Waals surface area contributed by atoms with Crippen LogP contribution in [0.5, 0.6) is 5.75 Å². The lowest BCUT2D eigenvalue weighted by molar-refractivity contribution is -0.137. The van der Waals surface area contributed by atoms with Gasteiger partial charge >= 0.3 is 5.97 Å². The van der Waals surface area contributed by atoms with E-state index in [1.807, 2.05) is 66.7 Å². The van der Waals surface area contributed by atoms with Gasteiger partial charge in [0.05, 0.1) is 19.2 Å².